The van der Waals surface area contributed by atoms with E-state index in [1.54, 1.807) is 22.3 Å². The summed E-state index contributed by atoms with van der Waals surface area (Å²) < 4.78 is 0. The molecule has 0 saturated carbocycles. The molecule has 2 heteroatoms. The Morgan fingerprint density at radius 3 is 0.778 bits per heavy atom. The van der Waals surface area contributed by atoms with Crippen molar-refractivity contribution in [1.82, 2.24) is 0 Å². The third kappa shape index (κ3) is 3.07. The van der Waals surface area contributed by atoms with E-state index in [9.17, 15) is 0 Å². The maximum absolute atomic E-state index is 2.21. The average Bonchev–Trinajstić information content (AvgIpc) is 2.23. The van der Waals surface area contributed by atoms with Gasteiger partial charge in [0.25, 0.3) is 0 Å². The van der Waals surface area contributed by atoms with Crippen LogP contribution < -0.4 is 0 Å². The highest BCUT2D eigenvalue weighted by molar-refractivity contribution is 5.85. The minimum Gasteiger partial charge on any atom is -0.147 e. The van der Waals surface area contributed by atoms with Crippen LogP contribution in [0.15, 0.2) is 48.5 Å². The van der Waals surface area contributed by atoms with Crippen molar-refractivity contribution < 1.29 is 0 Å². The zero-order valence-corrected chi connectivity index (χ0v) is 11.9. The van der Waals surface area contributed by atoms with Gasteiger partial charge in [0.05, 0.1) is 0 Å². The molecule has 0 N–H and O–H groups in total. The van der Waals surface area contributed by atoms with Gasteiger partial charge in [0.1, 0.15) is 0 Å². The summed E-state index contributed by atoms with van der Waals surface area (Å²) in [5.41, 5.74) is 6.19. The summed E-state index contributed by atoms with van der Waals surface area (Å²) in [6.45, 7) is 0. The minimum atomic E-state index is 0. The zero-order valence-electron chi connectivity index (χ0n) is 10.3. The van der Waals surface area contributed by atoms with Crippen LogP contribution in [-0.2, 0) is 25.7 Å². The second-order valence-electron chi connectivity index (χ2n) is 4.54. The molecule has 2 aromatic rings. The van der Waals surface area contributed by atoms with Crippen molar-refractivity contribution in [2.45, 2.75) is 25.7 Å². The van der Waals surface area contributed by atoms with Gasteiger partial charge in [-0.1, -0.05) is 48.5 Å². The molecule has 0 aromatic heterocycles. The molecule has 0 nitrogen and oxygen atoms in total. The van der Waals surface area contributed by atoms with Crippen LogP contribution in [0.25, 0.3) is 0 Å². The van der Waals surface area contributed by atoms with Crippen LogP contribution in [0, 0.1) is 0 Å². The molecule has 0 heterocycles. The van der Waals surface area contributed by atoms with Gasteiger partial charge in [-0.25, -0.2) is 0 Å². The van der Waals surface area contributed by atoms with Crippen LogP contribution in [0.4, 0.5) is 0 Å². The quantitative estimate of drug-likeness (QED) is 0.671. The van der Waals surface area contributed by atoms with E-state index in [4.69, 9.17) is 0 Å². The summed E-state index contributed by atoms with van der Waals surface area (Å²) in [4.78, 5) is 0. The molecule has 0 unspecified atom stereocenters. The highest BCUT2D eigenvalue weighted by atomic mass is 35.5. The van der Waals surface area contributed by atoms with E-state index >= 15 is 0 Å². The third-order valence-electron chi connectivity index (χ3n) is 3.56. The molecule has 0 atom stereocenters. The number of aryl methyl sites for hydroxylation is 4. The lowest BCUT2D eigenvalue weighted by Gasteiger charge is -2.16. The molecule has 18 heavy (non-hydrogen) atoms. The Bertz CT molecular complexity index is 412. The van der Waals surface area contributed by atoms with Gasteiger partial charge in [-0.3, -0.25) is 0 Å². The highest BCUT2D eigenvalue weighted by Gasteiger charge is 2.09. The zero-order chi connectivity index (χ0) is 10.8. The van der Waals surface area contributed by atoms with Crippen molar-refractivity contribution in [3.63, 3.8) is 0 Å². The monoisotopic (exact) mass is 280 g/mol. The first-order valence-corrected chi connectivity index (χ1v) is 6.07. The first-order chi connectivity index (χ1) is 7.93. The fourth-order valence-corrected chi connectivity index (χ4v) is 2.28. The maximum Gasteiger partial charge on any atom is -0.0235 e. The number of hydrogen-bond acceptors (Lipinski definition) is 0. The predicted molar refractivity (Wildman–Crippen MR) is 82.2 cm³/mol. The molecule has 4 rings (SSSR count). The Kier molecular flexibility index (Phi) is 5.71. The summed E-state index contributed by atoms with van der Waals surface area (Å²) in [7, 11) is 0. The second kappa shape index (κ2) is 6.82. The Morgan fingerprint density at radius 2 is 0.667 bits per heavy atom. The Morgan fingerprint density at radius 1 is 0.444 bits per heavy atom. The maximum atomic E-state index is 2.21. The van der Waals surface area contributed by atoms with Crippen LogP contribution in [-0.4, -0.2) is 0 Å². The molecular weight excluding hydrogens is 263 g/mol. The molecule has 0 bridgehead atoms. The van der Waals surface area contributed by atoms with E-state index < -0.39 is 0 Å². The summed E-state index contributed by atoms with van der Waals surface area (Å²) in [6.07, 6.45) is 5.21. The molecule has 2 aliphatic rings. The lowest BCUT2D eigenvalue weighted by atomic mass is 9.89. The molecule has 0 fully saturated rings. The smallest absolute Gasteiger partial charge is 0.0235 e. The first kappa shape index (κ1) is 15.1. The summed E-state index contributed by atoms with van der Waals surface area (Å²) in [6, 6.07) is 17.3. The van der Waals surface area contributed by atoms with E-state index in [-0.39, 0.29) is 24.8 Å². The molecule has 2 aromatic carbocycles. The topological polar surface area (TPSA) is 0 Å². The molecule has 0 aliphatic heterocycles. The molecular formula is C16H18Cl2. The second-order valence-corrected chi connectivity index (χ2v) is 4.54. The van der Waals surface area contributed by atoms with Crippen molar-refractivity contribution >= 4 is 24.8 Å². The fraction of sp³-hybridized carbons (Fsp3) is 0.250. The molecule has 0 amide bonds. The average molecular weight is 281 g/mol. The lowest BCUT2D eigenvalue weighted by molar-refractivity contribution is 0.839. The van der Waals surface area contributed by atoms with Gasteiger partial charge in [-0.2, -0.15) is 0 Å². The predicted octanol–water partition coefficient (Wildman–Crippen LogP) is 4.41. The van der Waals surface area contributed by atoms with Crippen molar-refractivity contribution in [3.05, 3.63) is 70.8 Å². The summed E-state index contributed by atoms with van der Waals surface area (Å²) in [5, 5.41) is 0. The molecule has 96 valence electrons. The highest BCUT2D eigenvalue weighted by Crippen LogP contribution is 2.21. The van der Waals surface area contributed by atoms with Gasteiger partial charge < -0.3 is 0 Å². The minimum absolute atomic E-state index is 0. The largest absolute Gasteiger partial charge is 0.147 e. The molecule has 0 radical (unpaired) electrons. The van der Waals surface area contributed by atoms with Crippen molar-refractivity contribution in [1.29, 1.82) is 0 Å². The molecule has 2 aliphatic carbocycles. The van der Waals surface area contributed by atoms with Gasteiger partial charge in [0, 0.05) is 0 Å². The van der Waals surface area contributed by atoms with Crippen LogP contribution in [0.3, 0.4) is 0 Å². The van der Waals surface area contributed by atoms with E-state index in [1.165, 1.54) is 25.7 Å². The van der Waals surface area contributed by atoms with Gasteiger partial charge in [-0.15, -0.1) is 24.8 Å². The van der Waals surface area contributed by atoms with E-state index in [2.05, 4.69) is 48.5 Å². The number of hydrogen-bond donors (Lipinski definition) is 0. The Hall–Kier alpha value is -0.980. The Labute approximate surface area is 121 Å². The molecule has 0 spiro atoms. The van der Waals surface area contributed by atoms with Gasteiger partial charge in [0.2, 0.25) is 0 Å². The number of fused-ring (bicyclic) bond motifs is 2. The lowest BCUT2D eigenvalue weighted by Crippen LogP contribution is -2.06. The number of benzene rings is 2. The SMILES string of the molecule is Cl.Cl.c1ccc2c(c1)CC2.c1ccc2c(c1)CC2. The fourth-order valence-electron chi connectivity index (χ4n) is 2.28. The summed E-state index contributed by atoms with van der Waals surface area (Å²) in [5.74, 6) is 0. The van der Waals surface area contributed by atoms with Gasteiger partial charge in [0.15, 0.2) is 0 Å². The number of rotatable bonds is 0. The normalized spacial score (nSPS) is 12.9. The van der Waals surface area contributed by atoms with Crippen molar-refractivity contribution in [2.75, 3.05) is 0 Å². The van der Waals surface area contributed by atoms with Crippen LogP contribution >= 0.6 is 24.8 Å². The van der Waals surface area contributed by atoms with Gasteiger partial charge in [-0.05, 0) is 47.9 Å². The number of halogens is 2. The van der Waals surface area contributed by atoms with E-state index in [0.717, 1.165) is 0 Å². The van der Waals surface area contributed by atoms with Crippen LogP contribution in [0.1, 0.15) is 22.3 Å². The van der Waals surface area contributed by atoms with Crippen LogP contribution in [0.2, 0.25) is 0 Å². The first-order valence-electron chi connectivity index (χ1n) is 6.07. The summed E-state index contributed by atoms with van der Waals surface area (Å²) >= 11 is 0. The van der Waals surface area contributed by atoms with E-state index in [0.29, 0.717) is 0 Å². The molecule has 0 saturated heterocycles. The Balaban J connectivity index is 0.000000162. The third-order valence-corrected chi connectivity index (χ3v) is 3.56. The van der Waals surface area contributed by atoms with E-state index in [1.807, 2.05) is 0 Å². The van der Waals surface area contributed by atoms with Crippen molar-refractivity contribution in [2.24, 2.45) is 0 Å². The standard InChI is InChI=1S/2C8H8.2ClH/c2*1-2-4-8-6-5-7(8)3-1;;/h2*1-4H,5-6H2;2*1H. The van der Waals surface area contributed by atoms with Crippen LogP contribution in [0.5, 0.6) is 0 Å². The van der Waals surface area contributed by atoms with Gasteiger partial charge >= 0.3 is 0 Å². The van der Waals surface area contributed by atoms with Crippen molar-refractivity contribution in [3.8, 4) is 0 Å².